The zero-order valence-corrected chi connectivity index (χ0v) is 8.85. The van der Waals surface area contributed by atoms with Gasteiger partial charge in [0.15, 0.2) is 0 Å². The smallest absolute Gasteiger partial charge is 0.330 e. The standard InChI is InChI=1S/C11H18O4/c1-2-11(13)14-8-10(7-12)15-9-5-3-4-6-9/h2,9-10,12H,1,3-8H2. The number of hydrogen-bond acceptors (Lipinski definition) is 4. The van der Waals surface area contributed by atoms with E-state index in [0.717, 1.165) is 18.9 Å². The van der Waals surface area contributed by atoms with Gasteiger partial charge in [-0.2, -0.15) is 0 Å². The highest BCUT2D eigenvalue weighted by Gasteiger charge is 2.20. The van der Waals surface area contributed by atoms with Gasteiger partial charge in [-0.1, -0.05) is 19.4 Å². The van der Waals surface area contributed by atoms with E-state index in [1.165, 1.54) is 12.8 Å². The summed E-state index contributed by atoms with van der Waals surface area (Å²) in [6.07, 6.45) is 5.33. The van der Waals surface area contributed by atoms with Crippen molar-refractivity contribution in [3.8, 4) is 0 Å². The van der Waals surface area contributed by atoms with Crippen LogP contribution in [-0.4, -0.2) is 36.5 Å². The van der Waals surface area contributed by atoms with Crippen molar-refractivity contribution in [3.63, 3.8) is 0 Å². The van der Waals surface area contributed by atoms with E-state index >= 15 is 0 Å². The van der Waals surface area contributed by atoms with Crippen LogP contribution in [-0.2, 0) is 14.3 Å². The minimum atomic E-state index is -0.483. The van der Waals surface area contributed by atoms with Gasteiger partial charge in [-0.05, 0) is 12.8 Å². The number of rotatable bonds is 6. The Hall–Kier alpha value is -0.870. The van der Waals surface area contributed by atoms with E-state index in [0.29, 0.717) is 0 Å². The first kappa shape index (κ1) is 12.2. The SMILES string of the molecule is C=CC(=O)OCC(CO)OC1CCCC1. The molecule has 86 valence electrons. The molecule has 0 heterocycles. The zero-order valence-electron chi connectivity index (χ0n) is 8.85. The molecule has 0 saturated heterocycles. The van der Waals surface area contributed by atoms with Crippen molar-refractivity contribution in [2.45, 2.75) is 37.9 Å². The van der Waals surface area contributed by atoms with Gasteiger partial charge in [-0.3, -0.25) is 0 Å². The highest BCUT2D eigenvalue weighted by molar-refractivity contribution is 5.81. The molecule has 4 heteroatoms. The predicted molar refractivity (Wildman–Crippen MR) is 55.4 cm³/mol. The van der Waals surface area contributed by atoms with Gasteiger partial charge in [-0.15, -0.1) is 0 Å². The lowest BCUT2D eigenvalue weighted by Crippen LogP contribution is -2.29. The minimum absolute atomic E-state index is 0.0951. The summed E-state index contributed by atoms with van der Waals surface area (Å²) < 4.78 is 10.4. The van der Waals surface area contributed by atoms with E-state index in [2.05, 4.69) is 6.58 Å². The molecule has 0 aromatic carbocycles. The van der Waals surface area contributed by atoms with Crippen LogP contribution >= 0.6 is 0 Å². The van der Waals surface area contributed by atoms with Crippen LogP contribution in [0.1, 0.15) is 25.7 Å². The summed E-state index contributed by atoms with van der Waals surface area (Å²) in [6.45, 7) is 3.26. The summed E-state index contributed by atoms with van der Waals surface area (Å²) in [6, 6.07) is 0. The van der Waals surface area contributed by atoms with Crippen LogP contribution < -0.4 is 0 Å². The molecule has 1 fully saturated rings. The van der Waals surface area contributed by atoms with Crippen molar-refractivity contribution >= 4 is 5.97 Å². The molecule has 1 aliphatic carbocycles. The van der Waals surface area contributed by atoms with E-state index in [9.17, 15) is 4.79 Å². The number of carbonyl (C=O) groups is 1. The number of esters is 1. The Kier molecular flexibility index (Phi) is 5.36. The third kappa shape index (κ3) is 4.44. The van der Waals surface area contributed by atoms with Crippen LogP contribution in [0.25, 0.3) is 0 Å². The van der Waals surface area contributed by atoms with E-state index in [-0.39, 0.29) is 19.3 Å². The van der Waals surface area contributed by atoms with Gasteiger partial charge in [0, 0.05) is 6.08 Å². The Morgan fingerprint density at radius 3 is 2.73 bits per heavy atom. The third-order valence-corrected chi connectivity index (χ3v) is 2.47. The topological polar surface area (TPSA) is 55.8 Å². The molecule has 1 N–H and O–H groups in total. The van der Waals surface area contributed by atoms with Crippen LogP contribution in [0.3, 0.4) is 0 Å². The lowest BCUT2D eigenvalue weighted by molar-refractivity contribution is -0.145. The van der Waals surface area contributed by atoms with Gasteiger partial charge in [-0.25, -0.2) is 4.79 Å². The molecular weight excluding hydrogens is 196 g/mol. The van der Waals surface area contributed by atoms with Gasteiger partial charge < -0.3 is 14.6 Å². The van der Waals surface area contributed by atoms with E-state index in [1.54, 1.807) is 0 Å². The quantitative estimate of drug-likeness (QED) is 0.530. The normalized spacial score (nSPS) is 18.7. The lowest BCUT2D eigenvalue weighted by atomic mass is 10.3. The fourth-order valence-corrected chi connectivity index (χ4v) is 1.67. The second kappa shape index (κ2) is 6.58. The molecule has 0 aliphatic heterocycles. The zero-order chi connectivity index (χ0) is 11.1. The van der Waals surface area contributed by atoms with Gasteiger partial charge in [0.2, 0.25) is 0 Å². The first-order chi connectivity index (χ1) is 7.26. The fraction of sp³-hybridized carbons (Fsp3) is 0.727. The average molecular weight is 214 g/mol. The molecule has 0 aromatic rings. The molecule has 0 bridgehead atoms. The van der Waals surface area contributed by atoms with Gasteiger partial charge in [0.05, 0.1) is 12.7 Å². The lowest BCUT2D eigenvalue weighted by Gasteiger charge is -2.19. The van der Waals surface area contributed by atoms with Gasteiger partial charge in [0.25, 0.3) is 0 Å². The number of hydrogen-bond donors (Lipinski definition) is 1. The minimum Gasteiger partial charge on any atom is -0.460 e. The summed E-state index contributed by atoms with van der Waals surface area (Å²) in [4.78, 5) is 10.8. The van der Waals surface area contributed by atoms with Crippen molar-refractivity contribution < 1.29 is 19.4 Å². The Morgan fingerprint density at radius 1 is 1.53 bits per heavy atom. The number of carbonyl (C=O) groups excluding carboxylic acids is 1. The van der Waals surface area contributed by atoms with E-state index in [4.69, 9.17) is 14.6 Å². The maximum Gasteiger partial charge on any atom is 0.330 e. The first-order valence-corrected chi connectivity index (χ1v) is 5.31. The average Bonchev–Trinajstić information content (AvgIpc) is 2.76. The Bertz CT molecular complexity index is 209. The molecule has 4 nitrogen and oxygen atoms in total. The molecule has 1 aliphatic rings. The van der Waals surface area contributed by atoms with Crippen molar-refractivity contribution in [1.29, 1.82) is 0 Å². The molecule has 1 unspecified atom stereocenters. The molecule has 0 radical (unpaired) electrons. The Balaban J connectivity index is 2.22. The highest BCUT2D eigenvalue weighted by Crippen LogP contribution is 2.22. The monoisotopic (exact) mass is 214 g/mol. The summed E-state index contributed by atoms with van der Waals surface area (Å²) in [5.41, 5.74) is 0. The van der Waals surface area contributed by atoms with Crippen molar-refractivity contribution in [1.82, 2.24) is 0 Å². The predicted octanol–water partition coefficient (Wildman–Crippen LogP) is 1.04. The van der Waals surface area contributed by atoms with E-state index in [1.807, 2.05) is 0 Å². The van der Waals surface area contributed by atoms with Crippen LogP contribution in [0.2, 0.25) is 0 Å². The molecule has 1 rings (SSSR count). The highest BCUT2D eigenvalue weighted by atomic mass is 16.6. The molecule has 15 heavy (non-hydrogen) atoms. The Labute approximate surface area is 89.9 Å². The molecular formula is C11H18O4. The number of aliphatic hydroxyl groups excluding tert-OH is 1. The summed E-state index contributed by atoms with van der Waals surface area (Å²) >= 11 is 0. The van der Waals surface area contributed by atoms with Crippen LogP contribution in [0.5, 0.6) is 0 Å². The third-order valence-electron chi connectivity index (χ3n) is 2.47. The van der Waals surface area contributed by atoms with Crippen molar-refractivity contribution in [3.05, 3.63) is 12.7 Å². The molecule has 1 saturated carbocycles. The van der Waals surface area contributed by atoms with Crippen molar-refractivity contribution in [2.75, 3.05) is 13.2 Å². The van der Waals surface area contributed by atoms with Gasteiger partial charge in [0.1, 0.15) is 12.7 Å². The molecule has 0 amide bonds. The number of ether oxygens (including phenoxy) is 2. The molecule has 0 spiro atoms. The van der Waals surface area contributed by atoms with Crippen LogP contribution in [0.4, 0.5) is 0 Å². The second-order valence-electron chi connectivity index (χ2n) is 3.68. The molecule has 1 atom stereocenters. The summed E-state index contributed by atoms with van der Waals surface area (Å²) in [7, 11) is 0. The largest absolute Gasteiger partial charge is 0.460 e. The van der Waals surface area contributed by atoms with Crippen molar-refractivity contribution in [2.24, 2.45) is 0 Å². The van der Waals surface area contributed by atoms with Crippen LogP contribution in [0, 0.1) is 0 Å². The maximum atomic E-state index is 10.8. The van der Waals surface area contributed by atoms with Crippen LogP contribution in [0.15, 0.2) is 12.7 Å². The summed E-state index contributed by atoms with van der Waals surface area (Å²) in [5.74, 6) is -0.483. The second-order valence-corrected chi connectivity index (χ2v) is 3.68. The fourth-order valence-electron chi connectivity index (χ4n) is 1.67. The van der Waals surface area contributed by atoms with E-state index < -0.39 is 12.1 Å². The first-order valence-electron chi connectivity index (χ1n) is 5.31. The maximum absolute atomic E-state index is 10.8. The van der Waals surface area contributed by atoms with Gasteiger partial charge >= 0.3 is 5.97 Å². The number of aliphatic hydroxyl groups is 1. The Morgan fingerprint density at radius 2 is 2.20 bits per heavy atom. The summed E-state index contributed by atoms with van der Waals surface area (Å²) in [5, 5.41) is 9.03. The molecule has 0 aromatic heterocycles.